The topological polar surface area (TPSA) is 29.9 Å². The average molecular weight is 235 g/mol. The van der Waals surface area contributed by atoms with Crippen LogP contribution in [0.2, 0.25) is 0 Å². The maximum atomic E-state index is 4.15. The minimum atomic E-state index is 0.968. The molecule has 0 aromatic carbocycles. The molecule has 0 spiro atoms. The van der Waals surface area contributed by atoms with Gasteiger partial charge in [0.05, 0.1) is 6.20 Å². The van der Waals surface area contributed by atoms with Crippen LogP contribution in [0, 0.1) is 6.92 Å². The summed E-state index contributed by atoms with van der Waals surface area (Å²) in [6, 6.07) is 0. The van der Waals surface area contributed by atoms with Gasteiger partial charge < -0.3 is 5.32 Å². The number of aromatic nitrogens is 2. The van der Waals surface area contributed by atoms with Crippen LogP contribution in [-0.4, -0.2) is 16.3 Å². The van der Waals surface area contributed by atoms with Crippen LogP contribution in [0.4, 0.5) is 0 Å². The van der Waals surface area contributed by atoms with Gasteiger partial charge in [-0.2, -0.15) is 16.4 Å². The summed E-state index contributed by atoms with van der Waals surface area (Å²) in [5.74, 6) is 0. The Bertz CT molecular complexity index is 445. The maximum Gasteiger partial charge on any atom is 0.0522 e. The van der Waals surface area contributed by atoms with E-state index >= 15 is 0 Å². The van der Waals surface area contributed by atoms with Gasteiger partial charge in [-0.15, -0.1) is 0 Å². The van der Waals surface area contributed by atoms with Crippen molar-refractivity contribution < 1.29 is 0 Å². The van der Waals surface area contributed by atoms with Crippen molar-refractivity contribution in [1.82, 2.24) is 15.1 Å². The molecule has 16 heavy (non-hydrogen) atoms. The number of hydrogen-bond donors (Lipinski definition) is 1. The van der Waals surface area contributed by atoms with E-state index in [9.17, 15) is 0 Å². The van der Waals surface area contributed by atoms with E-state index in [1.54, 1.807) is 11.3 Å². The molecule has 0 saturated heterocycles. The van der Waals surface area contributed by atoms with Crippen molar-refractivity contribution in [2.24, 2.45) is 7.05 Å². The van der Waals surface area contributed by atoms with Crippen molar-refractivity contribution in [1.29, 1.82) is 0 Å². The fourth-order valence-electron chi connectivity index (χ4n) is 1.62. The Hall–Kier alpha value is -1.13. The highest BCUT2D eigenvalue weighted by Gasteiger charge is 1.99. The molecule has 0 radical (unpaired) electrons. The van der Waals surface area contributed by atoms with Crippen molar-refractivity contribution in [3.8, 4) is 0 Å². The summed E-state index contributed by atoms with van der Waals surface area (Å²) >= 11 is 1.77. The molecular formula is C12H17N3S. The van der Waals surface area contributed by atoms with Crippen LogP contribution < -0.4 is 5.32 Å². The molecule has 86 valence electrons. The molecule has 4 heteroatoms. The first-order valence-electron chi connectivity index (χ1n) is 5.45. The lowest BCUT2D eigenvalue weighted by molar-refractivity contribution is 0.685. The Morgan fingerprint density at radius 2 is 2.31 bits per heavy atom. The standard InChI is InChI=1S/C12H17N3S/c1-10-8-16-9-12(10)6-13-4-3-11-5-14-15(2)7-11/h5,7-9,13H,3-4,6H2,1-2H3. The zero-order valence-electron chi connectivity index (χ0n) is 9.73. The Balaban J connectivity index is 1.71. The number of thiophene rings is 1. The third-order valence-electron chi connectivity index (χ3n) is 2.63. The molecular weight excluding hydrogens is 218 g/mol. The smallest absolute Gasteiger partial charge is 0.0522 e. The fourth-order valence-corrected chi connectivity index (χ4v) is 2.48. The molecule has 2 rings (SSSR count). The Morgan fingerprint density at radius 3 is 2.94 bits per heavy atom. The van der Waals surface area contributed by atoms with E-state index in [2.05, 4.69) is 34.3 Å². The number of rotatable bonds is 5. The predicted molar refractivity (Wildman–Crippen MR) is 67.7 cm³/mol. The molecule has 0 atom stereocenters. The number of nitrogens with zero attached hydrogens (tertiary/aromatic N) is 2. The zero-order valence-corrected chi connectivity index (χ0v) is 10.5. The van der Waals surface area contributed by atoms with Crippen LogP contribution >= 0.6 is 11.3 Å². The van der Waals surface area contributed by atoms with Gasteiger partial charge in [-0.1, -0.05) is 0 Å². The van der Waals surface area contributed by atoms with Crippen LogP contribution in [0.25, 0.3) is 0 Å². The molecule has 0 unspecified atom stereocenters. The average Bonchev–Trinajstić information content (AvgIpc) is 2.83. The third-order valence-corrected chi connectivity index (χ3v) is 3.54. The minimum absolute atomic E-state index is 0.968. The van der Waals surface area contributed by atoms with Gasteiger partial charge >= 0.3 is 0 Å². The summed E-state index contributed by atoms with van der Waals surface area (Å²) in [6.07, 6.45) is 5.03. The number of hydrogen-bond acceptors (Lipinski definition) is 3. The SMILES string of the molecule is Cc1cscc1CNCCc1cnn(C)c1. The summed E-state index contributed by atoms with van der Waals surface area (Å²) < 4.78 is 1.85. The molecule has 0 saturated carbocycles. The van der Waals surface area contributed by atoms with Crippen LogP contribution in [-0.2, 0) is 20.0 Å². The highest BCUT2D eigenvalue weighted by molar-refractivity contribution is 7.08. The van der Waals surface area contributed by atoms with Crippen molar-refractivity contribution in [2.75, 3.05) is 6.54 Å². The Morgan fingerprint density at radius 1 is 1.44 bits per heavy atom. The largest absolute Gasteiger partial charge is 0.312 e. The molecule has 0 aliphatic heterocycles. The first-order valence-corrected chi connectivity index (χ1v) is 6.40. The zero-order chi connectivity index (χ0) is 11.4. The second-order valence-electron chi connectivity index (χ2n) is 4.03. The van der Waals surface area contributed by atoms with Gasteiger partial charge in [0.15, 0.2) is 0 Å². The first kappa shape index (κ1) is 11.4. The van der Waals surface area contributed by atoms with Gasteiger partial charge in [-0.3, -0.25) is 4.68 Å². The van der Waals surface area contributed by atoms with Crippen molar-refractivity contribution in [2.45, 2.75) is 19.9 Å². The maximum absolute atomic E-state index is 4.15. The lowest BCUT2D eigenvalue weighted by Crippen LogP contribution is -2.16. The van der Waals surface area contributed by atoms with Crippen LogP contribution in [0.1, 0.15) is 16.7 Å². The van der Waals surface area contributed by atoms with Crippen molar-refractivity contribution in [3.05, 3.63) is 39.8 Å². The summed E-state index contributed by atoms with van der Waals surface area (Å²) in [7, 11) is 1.95. The summed E-state index contributed by atoms with van der Waals surface area (Å²) in [6.45, 7) is 4.13. The molecule has 2 aromatic rings. The Labute approximate surface area is 100 Å². The molecule has 1 N–H and O–H groups in total. The molecule has 2 aromatic heterocycles. The molecule has 0 amide bonds. The van der Waals surface area contributed by atoms with Gasteiger partial charge in [0.25, 0.3) is 0 Å². The predicted octanol–water partition coefficient (Wildman–Crippen LogP) is 2.12. The summed E-state index contributed by atoms with van der Waals surface area (Å²) in [4.78, 5) is 0. The van der Waals surface area contributed by atoms with Crippen LogP contribution in [0.15, 0.2) is 23.2 Å². The van der Waals surface area contributed by atoms with Gasteiger partial charge in [0.2, 0.25) is 0 Å². The Kier molecular flexibility index (Phi) is 3.74. The van der Waals surface area contributed by atoms with Gasteiger partial charge in [-0.25, -0.2) is 0 Å². The van der Waals surface area contributed by atoms with E-state index in [0.717, 1.165) is 19.5 Å². The van der Waals surface area contributed by atoms with Gasteiger partial charge in [0.1, 0.15) is 0 Å². The van der Waals surface area contributed by atoms with Crippen LogP contribution in [0.5, 0.6) is 0 Å². The molecule has 3 nitrogen and oxygen atoms in total. The second-order valence-corrected chi connectivity index (χ2v) is 4.77. The quantitative estimate of drug-likeness (QED) is 0.805. The van der Waals surface area contributed by atoms with E-state index in [4.69, 9.17) is 0 Å². The van der Waals surface area contributed by atoms with Crippen molar-refractivity contribution in [3.63, 3.8) is 0 Å². The highest BCUT2D eigenvalue weighted by Crippen LogP contribution is 2.12. The van der Waals surface area contributed by atoms with Crippen molar-refractivity contribution >= 4 is 11.3 Å². The van der Waals surface area contributed by atoms with E-state index in [-0.39, 0.29) is 0 Å². The van der Waals surface area contributed by atoms with Gasteiger partial charge in [-0.05, 0) is 47.3 Å². The summed E-state index contributed by atoms with van der Waals surface area (Å²) in [5, 5.41) is 12.0. The van der Waals surface area contributed by atoms with Gasteiger partial charge in [0, 0.05) is 19.8 Å². The molecule has 0 bridgehead atoms. The monoisotopic (exact) mass is 235 g/mol. The lowest BCUT2D eigenvalue weighted by Gasteiger charge is -2.02. The van der Waals surface area contributed by atoms with E-state index in [0.29, 0.717) is 0 Å². The summed E-state index contributed by atoms with van der Waals surface area (Å²) in [5.41, 5.74) is 4.09. The second kappa shape index (κ2) is 5.27. The number of nitrogens with one attached hydrogen (secondary N) is 1. The van der Waals surface area contributed by atoms with E-state index in [1.807, 2.05) is 17.9 Å². The normalized spacial score (nSPS) is 10.9. The minimum Gasteiger partial charge on any atom is -0.312 e. The molecule has 0 fully saturated rings. The molecule has 2 heterocycles. The fraction of sp³-hybridized carbons (Fsp3) is 0.417. The molecule has 0 aliphatic carbocycles. The molecule has 0 aliphatic rings. The van der Waals surface area contributed by atoms with Crippen LogP contribution in [0.3, 0.4) is 0 Å². The van der Waals surface area contributed by atoms with E-state index < -0.39 is 0 Å². The lowest BCUT2D eigenvalue weighted by atomic mass is 10.2. The first-order chi connectivity index (χ1) is 7.75. The third kappa shape index (κ3) is 2.93. The number of aryl methyl sites for hydroxylation is 2. The van der Waals surface area contributed by atoms with E-state index in [1.165, 1.54) is 16.7 Å². The highest BCUT2D eigenvalue weighted by atomic mass is 32.1.